The second-order valence-corrected chi connectivity index (χ2v) is 4.80. The molecule has 0 spiro atoms. The maximum atomic E-state index is 4.40. The zero-order valence-electron chi connectivity index (χ0n) is 8.17. The average Bonchev–Trinajstić information content (AvgIpc) is 2.23. The van der Waals surface area contributed by atoms with Gasteiger partial charge in [0.05, 0.1) is 0 Å². The Labute approximate surface area is 93.3 Å². The molecule has 1 aromatic rings. The lowest BCUT2D eigenvalue weighted by Crippen LogP contribution is -2.30. The lowest BCUT2D eigenvalue weighted by Gasteiger charge is -2.22. The van der Waals surface area contributed by atoms with E-state index in [2.05, 4.69) is 38.4 Å². The van der Waals surface area contributed by atoms with Crippen molar-refractivity contribution in [3.63, 3.8) is 0 Å². The number of rotatable bonds is 2. The van der Waals surface area contributed by atoms with Gasteiger partial charge < -0.3 is 5.32 Å². The molecule has 2 heterocycles. The summed E-state index contributed by atoms with van der Waals surface area (Å²) in [6.07, 6.45) is 5.64. The predicted molar refractivity (Wildman–Crippen MR) is 61.2 cm³/mol. The van der Waals surface area contributed by atoms with Gasteiger partial charge in [0.1, 0.15) is 0 Å². The van der Waals surface area contributed by atoms with Gasteiger partial charge in [-0.25, -0.2) is 0 Å². The molecule has 76 valence electrons. The van der Waals surface area contributed by atoms with Crippen LogP contribution in [-0.2, 0) is 6.42 Å². The van der Waals surface area contributed by atoms with Crippen molar-refractivity contribution < 1.29 is 0 Å². The fraction of sp³-hybridized carbons (Fsp3) is 0.545. The number of aromatic nitrogens is 1. The molecule has 14 heavy (non-hydrogen) atoms. The van der Waals surface area contributed by atoms with Gasteiger partial charge in [0.15, 0.2) is 0 Å². The summed E-state index contributed by atoms with van der Waals surface area (Å²) in [5.41, 5.74) is 1.21. The summed E-state index contributed by atoms with van der Waals surface area (Å²) in [7, 11) is 0. The van der Waals surface area contributed by atoms with E-state index in [1.165, 1.54) is 25.1 Å². The van der Waals surface area contributed by atoms with Gasteiger partial charge in [0.25, 0.3) is 0 Å². The molecule has 0 aliphatic carbocycles. The third-order valence-electron chi connectivity index (χ3n) is 2.69. The molecular formula is C11H15BrN2. The monoisotopic (exact) mass is 254 g/mol. The van der Waals surface area contributed by atoms with E-state index in [1.807, 2.05) is 6.20 Å². The van der Waals surface area contributed by atoms with E-state index in [0.717, 1.165) is 23.4 Å². The molecule has 1 aromatic heterocycles. The zero-order valence-corrected chi connectivity index (χ0v) is 9.76. The van der Waals surface area contributed by atoms with Gasteiger partial charge in [-0.15, -0.1) is 0 Å². The first-order valence-electron chi connectivity index (χ1n) is 5.16. The molecule has 0 saturated carbocycles. The smallest absolute Gasteiger partial charge is 0.0413 e. The van der Waals surface area contributed by atoms with Gasteiger partial charge in [0.2, 0.25) is 0 Å². The van der Waals surface area contributed by atoms with Crippen LogP contribution < -0.4 is 5.32 Å². The Hall–Kier alpha value is -0.410. The van der Waals surface area contributed by atoms with Crippen LogP contribution in [0.3, 0.4) is 0 Å². The minimum Gasteiger partial charge on any atom is -0.316 e. The number of halogens is 1. The van der Waals surface area contributed by atoms with Crippen molar-refractivity contribution in [2.45, 2.75) is 19.3 Å². The van der Waals surface area contributed by atoms with Gasteiger partial charge in [0, 0.05) is 16.4 Å². The molecule has 1 N–H and O–H groups in total. The second-order valence-electron chi connectivity index (χ2n) is 3.88. The van der Waals surface area contributed by atoms with Crippen molar-refractivity contribution in [3.05, 3.63) is 28.5 Å². The Bertz CT molecular complexity index is 278. The Morgan fingerprint density at radius 2 is 2.43 bits per heavy atom. The number of hydrogen-bond donors (Lipinski definition) is 1. The van der Waals surface area contributed by atoms with Gasteiger partial charge in [-0.05, 0) is 66.3 Å². The predicted octanol–water partition coefficient (Wildman–Crippen LogP) is 2.39. The summed E-state index contributed by atoms with van der Waals surface area (Å²) in [6.45, 7) is 2.34. The standard InChI is InChI=1S/C11H15BrN2/c12-10-3-4-11(14-8-10)6-9-2-1-5-13-7-9/h3-4,8-9,13H,1-2,5-7H2. The van der Waals surface area contributed by atoms with Crippen molar-refractivity contribution >= 4 is 15.9 Å². The molecule has 2 rings (SSSR count). The molecule has 3 heteroatoms. The van der Waals surface area contributed by atoms with Crippen LogP contribution in [0.4, 0.5) is 0 Å². The highest BCUT2D eigenvalue weighted by molar-refractivity contribution is 9.10. The van der Waals surface area contributed by atoms with E-state index < -0.39 is 0 Å². The van der Waals surface area contributed by atoms with E-state index in [-0.39, 0.29) is 0 Å². The van der Waals surface area contributed by atoms with Crippen molar-refractivity contribution in [1.82, 2.24) is 10.3 Å². The minimum absolute atomic E-state index is 0.775. The van der Waals surface area contributed by atoms with Gasteiger partial charge >= 0.3 is 0 Å². The lowest BCUT2D eigenvalue weighted by atomic mass is 9.94. The van der Waals surface area contributed by atoms with Crippen LogP contribution in [-0.4, -0.2) is 18.1 Å². The first-order chi connectivity index (χ1) is 6.84. The SMILES string of the molecule is Brc1ccc(CC2CCCNC2)nc1. The maximum absolute atomic E-state index is 4.40. The molecule has 1 fully saturated rings. The Kier molecular flexibility index (Phi) is 3.54. The molecule has 1 unspecified atom stereocenters. The third-order valence-corrected chi connectivity index (χ3v) is 3.15. The van der Waals surface area contributed by atoms with Crippen molar-refractivity contribution in [2.24, 2.45) is 5.92 Å². The van der Waals surface area contributed by atoms with Gasteiger partial charge in [-0.2, -0.15) is 0 Å². The second kappa shape index (κ2) is 4.89. The Morgan fingerprint density at radius 3 is 3.07 bits per heavy atom. The first-order valence-corrected chi connectivity index (χ1v) is 5.95. The highest BCUT2D eigenvalue weighted by atomic mass is 79.9. The van der Waals surface area contributed by atoms with Crippen LogP contribution >= 0.6 is 15.9 Å². The van der Waals surface area contributed by atoms with Crippen molar-refractivity contribution in [3.8, 4) is 0 Å². The number of hydrogen-bond acceptors (Lipinski definition) is 2. The topological polar surface area (TPSA) is 24.9 Å². The quantitative estimate of drug-likeness (QED) is 0.877. The number of pyridine rings is 1. The number of nitrogens with zero attached hydrogens (tertiary/aromatic N) is 1. The van der Waals surface area contributed by atoms with Gasteiger partial charge in [-0.3, -0.25) is 4.98 Å². The molecular weight excluding hydrogens is 240 g/mol. The molecule has 0 amide bonds. The summed E-state index contributed by atoms with van der Waals surface area (Å²) in [5.74, 6) is 0.775. The van der Waals surface area contributed by atoms with Crippen molar-refractivity contribution in [1.29, 1.82) is 0 Å². The fourth-order valence-electron chi connectivity index (χ4n) is 1.92. The summed E-state index contributed by atoms with van der Waals surface area (Å²) in [6, 6.07) is 4.18. The summed E-state index contributed by atoms with van der Waals surface area (Å²) >= 11 is 3.40. The van der Waals surface area contributed by atoms with E-state index in [0.29, 0.717) is 0 Å². The molecule has 1 saturated heterocycles. The van der Waals surface area contributed by atoms with E-state index >= 15 is 0 Å². The molecule has 1 aliphatic heterocycles. The van der Waals surface area contributed by atoms with Crippen LogP contribution in [0.25, 0.3) is 0 Å². The first kappa shape index (κ1) is 10.1. The normalized spacial score (nSPS) is 22.2. The van der Waals surface area contributed by atoms with Crippen LogP contribution in [0, 0.1) is 5.92 Å². The molecule has 0 aromatic carbocycles. The molecule has 0 bridgehead atoms. The Balaban J connectivity index is 1.92. The van der Waals surface area contributed by atoms with Crippen LogP contribution in [0.5, 0.6) is 0 Å². The van der Waals surface area contributed by atoms with Crippen LogP contribution in [0.15, 0.2) is 22.8 Å². The van der Waals surface area contributed by atoms with Crippen LogP contribution in [0.2, 0.25) is 0 Å². The van der Waals surface area contributed by atoms with Crippen molar-refractivity contribution in [2.75, 3.05) is 13.1 Å². The fourth-order valence-corrected chi connectivity index (χ4v) is 2.16. The number of piperidine rings is 1. The van der Waals surface area contributed by atoms with Crippen LogP contribution in [0.1, 0.15) is 18.5 Å². The zero-order chi connectivity index (χ0) is 9.80. The average molecular weight is 255 g/mol. The molecule has 0 radical (unpaired) electrons. The summed E-state index contributed by atoms with van der Waals surface area (Å²) in [4.78, 5) is 4.40. The van der Waals surface area contributed by atoms with Gasteiger partial charge in [-0.1, -0.05) is 0 Å². The lowest BCUT2D eigenvalue weighted by molar-refractivity contribution is 0.373. The number of nitrogens with one attached hydrogen (secondary N) is 1. The molecule has 2 nitrogen and oxygen atoms in total. The molecule has 1 atom stereocenters. The Morgan fingerprint density at radius 1 is 1.50 bits per heavy atom. The highest BCUT2D eigenvalue weighted by Crippen LogP contribution is 2.16. The largest absolute Gasteiger partial charge is 0.316 e. The highest BCUT2D eigenvalue weighted by Gasteiger charge is 2.13. The van der Waals surface area contributed by atoms with E-state index in [1.54, 1.807) is 0 Å². The maximum Gasteiger partial charge on any atom is 0.0413 e. The minimum atomic E-state index is 0.775. The van der Waals surface area contributed by atoms with E-state index in [9.17, 15) is 0 Å². The summed E-state index contributed by atoms with van der Waals surface area (Å²) < 4.78 is 1.06. The summed E-state index contributed by atoms with van der Waals surface area (Å²) in [5, 5.41) is 3.43. The van der Waals surface area contributed by atoms with E-state index in [4.69, 9.17) is 0 Å². The third kappa shape index (κ3) is 2.79. The molecule has 1 aliphatic rings.